The van der Waals surface area contributed by atoms with Crippen LogP contribution in [0.3, 0.4) is 0 Å². The zero-order chi connectivity index (χ0) is 21.9. The quantitative estimate of drug-likeness (QED) is 0.253. The molecule has 0 spiro atoms. The molecule has 0 unspecified atom stereocenters. The molecule has 0 radical (unpaired) electrons. The van der Waals surface area contributed by atoms with Crippen LogP contribution in [-0.2, 0) is 0 Å². The highest BCUT2D eigenvalue weighted by Crippen LogP contribution is 2.40. The van der Waals surface area contributed by atoms with Gasteiger partial charge in [-0.05, 0) is 66.1 Å². The summed E-state index contributed by atoms with van der Waals surface area (Å²) < 4.78 is 5.08. The van der Waals surface area contributed by atoms with E-state index in [1.807, 2.05) is 11.3 Å². The Bertz CT molecular complexity index is 1820. The highest BCUT2D eigenvalue weighted by molar-refractivity contribution is 7.25. The Hall–Kier alpha value is -3.88. The van der Waals surface area contributed by atoms with Gasteiger partial charge in [-0.3, -0.25) is 0 Å². The Morgan fingerprint density at radius 2 is 1.27 bits per heavy atom. The van der Waals surface area contributed by atoms with Crippen LogP contribution in [0.25, 0.3) is 58.8 Å². The molecule has 0 aliphatic carbocycles. The van der Waals surface area contributed by atoms with Crippen molar-refractivity contribution in [2.45, 2.75) is 6.92 Å². The van der Waals surface area contributed by atoms with Crippen LogP contribution >= 0.6 is 11.3 Å². The van der Waals surface area contributed by atoms with Crippen molar-refractivity contribution in [2.75, 3.05) is 0 Å². The summed E-state index contributed by atoms with van der Waals surface area (Å²) in [6, 6.07) is 39.7. The summed E-state index contributed by atoms with van der Waals surface area (Å²) in [5.74, 6) is 0. The largest absolute Gasteiger partial charge is 0.309 e. The summed E-state index contributed by atoms with van der Waals surface area (Å²) in [6.07, 6.45) is 0. The van der Waals surface area contributed by atoms with Crippen molar-refractivity contribution >= 4 is 53.3 Å². The van der Waals surface area contributed by atoms with Gasteiger partial charge in [0.25, 0.3) is 0 Å². The van der Waals surface area contributed by atoms with Gasteiger partial charge in [-0.2, -0.15) is 0 Å². The molecule has 2 heterocycles. The summed E-state index contributed by atoms with van der Waals surface area (Å²) in [5, 5.41) is 5.34. The predicted molar refractivity (Wildman–Crippen MR) is 144 cm³/mol. The summed E-state index contributed by atoms with van der Waals surface area (Å²) in [7, 11) is 0. The third-order valence-electron chi connectivity index (χ3n) is 6.70. The Morgan fingerprint density at radius 1 is 0.545 bits per heavy atom. The number of para-hydroxylation sites is 2. The minimum atomic E-state index is 1.19. The monoisotopic (exact) mass is 439 g/mol. The standard InChI is InChI=1S/C31H21NS/c1-20-17-22(19-30-31(20)25-12-6-8-14-29(25)33-30)21-15-16-28-26(18-21)24-11-5-7-13-27(24)32(28)23-9-3-2-4-10-23/h2-19H,1H3. The number of nitrogens with zero attached hydrogens (tertiary/aromatic N) is 1. The van der Waals surface area contributed by atoms with Crippen LogP contribution in [0.5, 0.6) is 0 Å². The summed E-state index contributed by atoms with van der Waals surface area (Å²) in [5.41, 5.74) is 7.56. The minimum absolute atomic E-state index is 1.19. The lowest BCUT2D eigenvalue weighted by Gasteiger charge is -2.09. The maximum atomic E-state index is 2.37. The third kappa shape index (κ3) is 2.78. The van der Waals surface area contributed by atoms with Crippen molar-refractivity contribution in [1.29, 1.82) is 0 Å². The van der Waals surface area contributed by atoms with Gasteiger partial charge in [0.15, 0.2) is 0 Å². The van der Waals surface area contributed by atoms with Crippen molar-refractivity contribution in [2.24, 2.45) is 0 Å². The van der Waals surface area contributed by atoms with Crippen LogP contribution in [0.1, 0.15) is 5.56 Å². The van der Waals surface area contributed by atoms with E-state index in [-0.39, 0.29) is 0 Å². The lowest BCUT2D eigenvalue weighted by molar-refractivity contribution is 1.18. The summed E-state index contributed by atoms with van der Waals surface area (Å²) >= 11 is 1.89. The number of benzene rings is 5. The maximum absolute atomic E-state index is 2.37. The minimum Gasteiger partial charge on any atom is -0.309 e. The SMILES string of the molecule is Cc1cc(-c2ccc3c(c2)c2ccccc2n3-c2ccccc2)cc2sc3ccccc3c12. The van der Waals surface area contributed by atoms with E-state index in [1.165, 1.54) is 64.4 Å². The van der Waals surface area contributed by atoms with Crippen LogP contribution in [0.4, 0.5) is 0 Å². The number of thiophene rings is 1. The molecule has 5 aromatic carbocycles. The van der Waals surface area contributed by atoms with E-state index in [1.54, 1.807) is 0 Å². The smallest absolute Gasteiger partial charge is 0.0541 e. The van der Waals surface area contributed by atoms with E-state index in [2.05, 4.69) is 121 Å². The van der Waals surface area contributed by atoms with Crippen molar-refractivity contribution < 1.29 is 0 Å². The second-order valence-corrected chi connectivity index (χ2v) is 9.77. The van der Waals surface area contributed by atoms with Crippen molar-refractivity contribution in [1.82, 2.24) is 4.57 Å². The van der Waals surface area contributed by atoms with Crippen LogP contribution in [0.2, 0.25) is 0 Å². The van der Waals surface area contributed by atoms with Gasteiger partial charge >= 0.3 is 0 Å². The van der Waals surface area contributed by atoms with Crippen molar-refractivity contribution in [3.63, 3.8) is 0 Å². The molecule has 0 saturated heterocycles. The molecular formula is C31H21NS. The Morgan fingerprint density at radius 3 is 2.15 bits per heavy atom. The average molecular weight is 440 g/mol. The molecule has 0 aliphatic rings. The first-order chi connectivity index (χ1) is 16.3. The molecule has 0 bridgehead atoms. The summed E-state index contributed by atoms with van der Waals surface area (Å²) in [4.78, 5) is 0. The van der Waals surface area contributed by atoms with Gasteiger partial charge in [0.2, 0.25) is 0 Å². The number of hydrogen-bond donors (Lipinski definition) is 0. The van der Waals surface area contributed by atoms with E-state index in [9.17, 15) is 0 Å². The normalized spacial score (nSPS) is 11.8. The van der Waals surface area contributed by atoms with Crippen LogP contribution in [0.15, 0.2) is 109 Å². The topological polar surface area (TPSA) is 4.93 Å². The molecule has 2 heteroatoms. The Kier molecular flexibility index (Phi) is 3.99. The zero-order valence-corrected chi connectivity index (χ0v) is 19.1. The van der Waals surface area contributed by atoms with E-state index in [0.717, 1.165) is 0 Å². The molecule has 1 nitrogen and oxygen atoms in total. The molecule has 0 aliphatic heterocycles. The van der Waals surface area contributed by atoms with Crippen molar-refractivity contribution in [3.8, 4) is 16.8 Å². The molecule has 7 rings (SSSR count). The van der Waals surface area contributed by atoms with Gasteiger partial charge in [-0.15, -0.1) is 11.3 Å². The molecule has 33 heavy (non-hydrogen) atoms. The number of aromatic nitrogens is 1. The van der Waals surface area contributed by atoms with Crippen molar-refractivity contribution in [3.05, 3.63) is 115 Å². The third-order valence-corrected chi connectivity index (χ3v) is 7.81. The summed E-state index contributed by atoms with van der Waals surface area (Å²) in [6.45, 7) is 2.24. The van der Waals surface area contributed by atoms with E-state index < -0.39 is 0 Å². The number of fused-ring (bicyclic) bond motifs is 6. The molecule has 0 amide bonds. The first-order valence-electron chi connectivity index (χ1n) is 11.3. The van der Waals surface area contributed by atoms with Gasteiger partial charge in [-0.1, -0.05) is 66.7 Å². The van der Waals surface area contributed by atoms with E-state index >= 15 is 0 Å². The predicted octanol–water partition coefficient (Wildman–Crippen LogP) is 9.13. The maximum Gasteiger partial charge on any atom is 0.0541 e. The van der Waals surface area contributed by atoms with Gasteiger partial charge in [0, 0.05) is 36.6 Å². The van der Waals surface area contributed by atoms with Crippen LogP contribution < -0.4 is 0 Å². The van der Waals surface area contributed by atoms with E-state index in [4.69, 9.17) is 0 Å². The average Bonchev–Trinajstić information content (AvgIpc) is 3.40. The molecular weight excluding hydrogens is 418 g/mol. The number of hydrogen-bond acceptors (Lipinski definition) is 1. The molecule has 0 saturated carbocycles. The van der Waals surface area contributed by atoms with Crippen LogP contribution in [-0.4, -0.2) is 4.57 Å². The van der Waals surface area contributed by atoms with E-state index in [0.29, 0.717) is 0 Å². The highest BCUT2D eigenvalue weighted by atomic mass is 32.1. The lowest BCUT2D eigenvalue weighted by Crippen LogP contribution is -1.92. The highest BCUT2D eigenvalue weighted by Gasteiger charge is 2.14. The Labute approximate surface area is 196 Å². The molecule has 156 valence electrons. The molecule has 0 atom stereocenters. The van der Waals surface area contributed by atoms with Gasteiger partial charge in [-0.25, -0.2) is 0 Å². The zero-order valence-electron chi connectivity index (χ0n) is 18.2. The Balaban J connectivity index is 1.49. The molecule has 7 aromatic rings. The fourth-order valence-corrected chi connectivity index (χ4v) is 6.46. The van der Waals surface area contributed by atoms with Gasteiger partial charge < -0.3 is 4.57 Å². The first-order valence-corrected chi connectivity index (χ1v) is 12.1. The fourth-order valence-electron chi connectivity index (χ4n) is 5.24. The second kappa shape index (κ2) is 7.06. The first kappa shape index (κ1) is 18.7. The molecule has 0 N–H and O–H groups in total. The molecule has 0 fully saturated rings. The fraction of sp³-hybridized carbons (Fsp3) is 0.0323. The van der Waals surface area contributed by atoms with Crippen LogP contribution in [0, 0.1) is 6.92 Å². The second-order valence-electron chi connectivity index (χ2n) is 8.68. The number of aryl methyl sites for hydroxylation is 1. The number of rotatable bonds is 2. The van der Waals surface area contributed by atoms with Gasteiger partial charge in [0.05, 0.1) is 11.0 Å². The van der Waals surface area contributed by atoms with Gasteiger partial charge in [0.1, 0.15) is 0 Å². The lowest BCUT2D eigenvalue weighted by atomic mass is 9.98. The molecule has 2 aromatic heterocycles.